The Kier molecular flexibility index (Phi) is 3.23. The first-order valence-corrected chi connectivity index (χ1v) is 7.65. The van der Waals surface area contributed by atoms with Gasteiger partial charge in [0.15, 0.2) is 0 Å². The third kappa shape index (κ3) is 2.29. The highest BCUT2D eigenvalue weighted by Crippen LogP contribution is 2.38. The van der Waals surface area contributed by atoms with Crippen LogP contribution in [0.15, 0.2) is 47.5 Å². The van der Waals surface area contributed by atoms with E-state index in [1.165, 1.54) is 12.1 Å². The van der Waals surface area contributed by atoms with Gasteiger partial charge in [-0.3, -0.25) is 4.79 Å². The van der Waals surface area contributed by atoms with E-state index in [-0.39, 0.29) is 17.3 Å². The zero-order chi connectivity index (χ0) is 16.9. The zero-order valence-corrected chi connectivity index (χ0v) is 12.6. The van der Waals surface area contributed by atoms with Gasteiger partial charge in [0.1, 0.15) is 5.71 Å². The molecule has 1 amide bonds. The molecule has 0 N–H and O–H groups in total. The van der Waals surface area contributed by atoms with Crippen molar-refractivity contribution in [2.75, 3.05) is 11.4 Å². The van der Waals surface area contributed by atoms with Crippen molar-refractivity contribution in [1.82, 2.24) is 0 Å². The predicted octanol–water partition coefficient (Wildman–Crippen LogP) is 4.12. The molecule has 0 radical (unpaired) electrons. The number of rotatable bonds is 1. The Morgan fingerprint density at radius 3 is 2.67 bits per heavy atom. The van der Waals surface area contributed by atoms with Crippen LogP contribution in [0.1, 0.15) is 23.1 Å². The molecule has 2 aromatic carbocycles. The monoisotopic (exact) mass is 330 g/mol. The highest BCUT2D eigenvalue weighted by atomic mass is 19.4. The number of hydrogen-bond donors (Lipinski definition) is 0. The third-order valence-corrected chi connectivity index (χ3v) is 4.33. The predicted molar refractivity (Wildman–Crippen MR) is 84.8 cm³/mol. The lowest BCUT2D eigenvalue weighted by atomic mass is 10.00. The van der Waals surface area contributed by atoms with Gasteiger partial charge in [0, 0.05) is 12.1 Å². The molecule has 0 aliphatic carbocycles. The molecule has 4 rings (SSSR count). The molecule has 122 valence electrons. The fourth-order valence-electron chi connectivity index (χ4n) is 3.28. The van der Waals surface area contributed by atoms with Crippen molar-refractivity contribution in [3.05, 3.63) is 59.2 Å². The van der Waals surface area contributed by atoms with E-state index in [4.69, 9.17) is 0 Å². The van der Waals surface area contributed by atoms with Gasteiger partial charge in [-0.2, -0.15) is 13.2 Å². The van der Waals surface area contributed by atoms with E-state index in [0.29, 0.717) is 12.1 Å². The van der Waals surface area contributed by atoms with Crippen molar-refractivity contribution >= 4 is 23.0 Å². The normalized spacial score (nSPS) is 18.2. The largest absolute Gasteiger partial charge is 0.416 e. The van der Waals surface area contributed by atoms with Crippen molar-refractivity contribution in [3.8, 4) is 0 Å². The summed E-state index contributed by atoms with van der Waals surface area (Å²) in [6.07, 6.45) is -2.67. The Morgan fingerprint density at radius 2 is 1.88 bits per heavy atom. The zero-order valence-electron chi connectivity index (χ0n) is 12.6. The van der Waals surface area contributed by atoms with Crippen LogP contribution < -0.4 is 4.90 Å². The maximum absolute atomic E-state index is 12.9. The van der Waals surface area contributed by atoms with Crippen LogP contribution in [0.5, 0.6) is 0 Å². The number of anilines is 1. The van der Waals surface area contributed by atoms with E-state index in [2.05, 4.69) is 4.99 Å². The fourth-order valence-corrected chi connectivity index (χ4v) is 3.28. The van der Waals surface area contributed by atoms with Gasteiger partial charge in [0.05, 0.1) is 16.9 Å². The van der Waals surface area contributed by atoms with Gasteiger partial charge in [-0.05, 0) is 36.6 Å². The summed E-state index contributed by atoms with van der Waals surface area (Å²) in [4.78, 5) is 18.6. The maximum atomic E-state index is 12.9. The second-order valence-corrected chi connectivity index (χ2v) is 5.88. The minimum absolute atomic E-state index is 0.130. The van der Waals surface area contributed by atoms with Gasteiger partial charge >= 0.3 is 6.18 Å². The summed E-state index contributed by atoms with van der Waals surface area (Å²) in [5, 5.41) is 0. The molecule has 0 atom stereocenters. The first-order valence-electron chi connectivity index (χ1n) is 7.65. The second-order valence-electron chi connectivity index (χ2n) is 5.88. The van der Waals surface area contributed by atoms with E-state index in [0.717, 1.165) is 36.2 Å². The molecule has 2 aliphatic heterocycles. The number of halogens is 3. The van der Waals surface area contributed by atoms with E-state index < -0.39 is 11.7 Å². The summed E-state index contributed by atoms with van der Waals surface area (Å²) in [7, 11) is 0. The van der Waals surface area contributed by atoms with Crippen LogP contribution in [0.25, 0.3) is 0 Å². The van der Waals surface area contributed by atoms with Crippen molar-refractivity contribution < 1.29 is 18.0 Å². The molecule has 0 spiro atoms. The topological polar surface area (TPSA) is 32.7 Å². The van der Waals surface area contributed by atoms with Crippen LogP contribution in [-0.2, 0) is 17.4 Å². The molecular weight excluding hydrogens is 317 g/mol. The minimum atomic E-state index is -4.43. The Bertz CT molecular complexity index is 871. The van der Waals surface area contributed by atoms with Gasteiger partial charge < -0.3 is 4.90 Å². The second kappa shape index (κ2) is 5.19. The van der Waals surface area contributed by atoms with E-state index >= 15 is 0 Å². The van der Waals surface area contributed by atoms with Crippen LogP contribution in [0.4, 0.5) is 24.5 Å². The quantitative estimate of drug-likeness (QED) is 0.774. The molecule has 0 fully saturated rings. The number of carbonyl (C=O) groups is 1. The van der Waals surface area contributed by atoms with Gasteiger partial charge in [-0.15, -0.1) is 0 Å². The van der Waals surface area contributed by atoms with Gasteiger partial charge in [0.2, 0.25) is 0 Å². The van der Waals surface area contributed by atoms with Crippen molar-refractivity contribution in [2.24, 2.45) is 4.99 Å². The molecule has 0 saturated heterocycles. The average molecular weight is 330 g/mol. The molecule has 0 aromatic heterocycles. The number of para-hydroxylation sites is 1. The molecule has 2 aliphatic rings. The maximum Gasteiger partial charge on any atom is 0.416 e. The molecule has 0 saturated carbocycles. The summed E-state index contributed by atoms with van der Waals surface area (Å²) in [5.74, 6) is -0.241. The van der Waals surface area contributed by atoms with Crippen molar-refractivity contribution in [3.63, 3.8) is 0 Å². The lowest BCUT2D eigenvalue weighted by Gasteiger charge is -2.24. The van der Waals surface area contributed by atoms with Crippen LogP contribution in [0, 0.1) is 0 Å². The Balaban J connectivity index is 1.83. The summed E-state index contributed by atoms with van der Waals surface area (Å²) >= 11 is 0. The molecule has 24 heavy (non-hydrogen) atoms. The highest BCUT2D eigenvalue weighted by molar-refractivity contribution is 6.55. The fraction of sp³-hybridized carbons (Fsp3) is 0.222. The SMILES string of the molecule is O=C1C(=Nc2cccc(C(F)(F)F)c2)c2cccc3c2N1CCC3. The third-order valence-electron chi connectivity index (χ3n) is 4.33. The van der Waals surface area contributed by atoms with Crippen LogP contribution in [0.3, 0.4) is 0 Å². The Hall–Kier alpha value is -2.63. The molecule has 2 heterocycles. The lowest BCUT2D eigenvalue weighted by Crippen LogP contribution is -2.33. The van der Waals surface area contributed by atoms with Crippen molar-refractivity contribution in [1.29, 1.82) is 0 Å². The number of carbonyl (C=O) groups excluding carboxylic acids is 1. The van der Waals surface area contributed by atoms with E-state index in [1.807, 2.05) is 12.1 Å². The number of alkyl halides is 3. The number of nitrogens with zero attached hydrogens (tertiary/aromatic N) is 2. The molecule has 0 unspecified atom stereocenters. The number of benzene rings is 2. The van der Waals surface area contributed by atoms with E-state index in [1.54, 1.807) is 11.0 Å². The summed E-state index contributed by atoms with van der Waals surface area (Å²) in [5.41, 5.74) is 2.22. The molecule has 2 aromatic rings. The summed E-state index contributed by atoms with van der Waals surface area (Å²) in [6.45, 7) is 0.616. The lowest BCUT2D eigenvalue weighted by molar-refractivity contribution is -0.137. The number of aliphatic imine (C=N–C) groups is 1. The van der Waals surface area contributed by atoms with Crippen LogP contribution in [0.2, 0.25) is 0 Å². The minimum Gasteiger partial charge on any atom is -0.306 e. The van der Waals surface area contributed by atoms with Gasteiger partial charge in [-0.25, -0.2) is 4.99 Å². The standard InChI is InChI=1S/C18H13F3N2O/c19-18(20,21)12-6-2-7-13(10-12)22-15-14-8-1-4-11-5-3-9-23(16(11)14)17(15)24/h1-2,4,6-8,10H,3,5,9H2. The van der Waals surface area contributed by atoms with Gasteiger partial charge in [0.25, 0.3) is 5.91 Å². The smallest absolute Gasteiger partial charge is 0.306 e. The number of aryl methyl sites for hydroxylation is 1. The number of amides is 1. The van der Waals surface area contributed by atoms with Crippen molar-refractivity contribution in [2.45, 2.75) is 19.0 Å². The van der Waals surface area contributed by atoms with Crippen LogP contribution >= 0.6 is 0 Å². The average Bonchev–Trinajstić information content (AvgIpc) is 2.83. The molecular formula is C18H13F3N2O. The highest BCUT2D eigenvalue weighted by Gasteiger charge is 2.37. The Morgan fingerprint density at radius 1 is 1.08 bits per heavy atom. The number of hydrogen-bond acceptors (Lipinski definition) is 2. The molecule has 0 bridgehead atoms. The molecule has 6 heteroatoms. The van der Waals surface area contributed by atoms with E-state index in [9.17, 15) is 18.0 Å². The summed E-state index contributed by atoms with van der Waals surface area (Å²) in [6, 6.07) is 10.4. The molecule has 3 nitrogen and oxygen atoms in total. The van der Waals surface area contributed by atoms with Gasteiger partial charge in [-0.1, -0.05) is 24.3 Å². The first-order chi connectivity index (χ1) is 11.4. The Labute approximate surface area is 136 Å². The first kappa shape index (κ1) is 14.9. The van der Waals surface area contributed by atoms with Crippen LogP contribution in [-0.4, -0.2) is 18.2 Å². The summed E-state index contributed by atoms with van der Waals surface area (Å²) < 4.78 is 38.6.